The van der Waals surface area contributed by atoms with Crippen LogP contribution in [0.2, 0.25) is 0 Å². The van der Waals surface area contributed by atoms with E-state index in [1.807, 2.05) is 30.3 Å². The molecule has 0 unspecified atom stereocenters. The minimum atomic E-state index is -0.783. The Morgan fingerprint density at radius 2 is 1.85 bits per heavy atom. The van der Waals surface area contributed by atoms with Crippen molar-refractivity contribution >= 4 is 11.9 Å². The Labute approximate surface area is 150 Å². The molecule has 1 aromatic heterocycles. The molecule has 1 aliphatic rings. The first-order valence-corrected chi connectivity index (χ1v) is 7.95. The molecule has 2 heterocycles. The lowest BCUT2D eigenvalue weighted by Gasteiger charge is -2.36. The van der Waals surface area contributed by atoms with Crippen LogP contribution in [0.15, 0.2) is 41.3 Å². The molecule has 3 rings (SSSR count). The van der Waals surface area contributed by atoms with Crippen molar-refractivity contribution in [3.8, 4) is 5.75 Å². The molecule has 136 valence electrons. The van der Waals surface area contributed by atoms with E-state index >= 15 is 0 Å². The lowest BCUT2D eigenvalue weighted by atomic mass is 10.2. The number of carbonyl (C=O) groups is 2. The maximum atomic E-state index is 12.8. The monoisotopic (exact) mass is 357 g/mol. The number of amides is 1. The van der Waals surface area contributed by atoms with Gasteiger partial charge in [0, 0.05) is 20.3 Å². The van der Waals surface area contributed by atoms with Crippen molar-refractivity contribution in [2.45, 2.75) is 6.61 Å². The zero-order chi connectivity index (χ0) is 18.8. The quantitative estimate of drug-likeness (QED) is 0.754. The highest BCUT2D eigenvalue weighted by molar-refractivity contribution is 5.98. The molecule has 1 aliphatic heterocycles. The number of hydrogen-bond donors (Lipinski definition) is 0. The highest BCUT2D eigenvalue weighted by Crippen LogP contribution is 2.22. The van der Waals surface area contributed by atoms with E-state index in [2.05, 4.69) is 4.74 Å². The summed E-state index contributed by atoms with van der Waals surface area (Å²) in [6.07, 6.45) is 1.31. The molecule has 0 bridgehead atoms. The Hall–Kier alpha value is -3.29. The number of methoxy groups -OCH3 is 1. The summed E-state index contributed by atoms with van der Waals surface area (Å²) in [5.74, 6) is -1.31. The molecule has 0 atom stereocenters. The molecule has 1 amide bonds. The summed E-state index contributed by atoms with van der Waals surface area (Å²) in [6.45, 7) is 0.391. The lowest BCUT2D eigenvalue weighted by Crippen LogP contribution is -2.51. The van der Waals surface area contributed by atoms with Crippen molar-refractivity contribution in [3.63, 3.8) is 0 Å². The molecular formula is C18H19N3O5. The van der Waals surface area contributed by atoms with Gasteiger partial charge in [0.2, 0.25) is 5.43 Å². The van der Waals surface area contributed by atoms with E-state index in [1.54, 1.807) is 19.1 Å². The molecule has 8 heteroatoms. The van der Waals surface area contributed by atoms with Gasteiger partial charge in [0.1, 0.15) is 18.8 Å². The van der Waals surface area contributed by atoms with Crippen LogP contribution in [0.1, 0.15) is 26.4 Å². The van der Waals surface area contributed by atoms with Crippen molar-refractivity contribution in [2.75, 3.05) is 32.9 Å². The molecule has 0 spiro atoms. The maximum absolute atomic E-state index is 12.8. The highest BCUT2D eigenvalue weighted by atomic mass is 16.5. The summed E-state index contributed by atoms with van der Waals surface area (Å²) < 4.78 is 11.9. The van der Waals surface area contributed by atoms with Crippen molar-refractivity contribution in [1.29, 1.82) is 0 Å². The van der Waals surface area contributed by atoms with Crippen molar-refractivity contribution in [1.82, 2.24) is 9.58 Å². The van der Waals surface area contributed by atoms with E-state index in [1.165, 1.54) is 22.9 Å². The number of benzene rings is 1. The second kappa shape index (κ2) is 6.91. The van der Waals surface area contributed by atoms with Gasteiger partial charge in [-0.1, -0.05) is 30.3 Å². The van der Waals surface area contributed by atoms with Crippen molar-refractivity contribution in [2.24, 2.45) is 0 Å². The normalized spacial score (nSPS) is 13.4. The van der Waals surface area contributed by atoms with Crippen LogP contribution in [0.4, 0.5) is 0 Å². The fourth-order valence-corrected chi connectivity index (χ4v) is 2.78. The third-order valence-corrected chi connectivity index (χ3v) is 4.11. The standard InChI is InChI=1S/C18H19N3O5/c1-19-11-20(2)21-9-13(18(24)25-3)15(22)16(14(21)17(19)23)26-10-12-7-5-4-6-8-12/h4-9H,10-11H2,1-3H3. The highest BCUT2D eigenvalue weighted by Gasteiger charge is 2.32. The predicted molar refractivity (Wildman–Crippen MR) is 93.9 cm³/mol. The number of aromatic nitrogens is 1. The molecule has 0 radical (unpaired) electrons. The summed E-state index contributed by atoms with van der Waals surface area (Å²) in [5, 5.41) is 1.69. The third kappa shape index (κ3) is 3.01. The SMILES string of the molecule is COC(=O)c1cn2c(c(OCc3ccccc3)c1=O)C(=O)N(C)CN2C. The second-order valence-corrected chi connectivity index (χ2v) is 5.96. The molecular weight excluding hydrogens is 338 g/mol. The van der Waals surface area contributed by atoms with Gasteiger partial charge >= 0.3 is 5.97 Å². The molecule has 0 saturated carbocycles. The summed E-state index contributed by atoms with van der Waals surface area (Å²) in [6, 6.07) is 9.24. The molecule has 2 aromatic rings. The minimum absolute atomic E-state index is 0.0786. The van der Waals surface area contributed by atoms with Gasteiger partial charge in [-0.2, -0.15) is 0 Å². The topological polar surface area (TPSA) is 81.1 Å². The van der Waals surface area contributed by atoms with Gasteiger partial charge in [0.25, 0.3) is 5.91 Å². The Bertz CT molecular complexity index is 907. The number of ether oxygens (including phenoxy) is 2. The zero-order valence-electron chi connectivity index (χ0n) is 14.8. The van der Waals surface area contributed by atoms with Gasteiger partial charge in [0.15, 0.2) is 11.4 Å². The molecule has 0 fully saturated rings. The number of rotatable bonds is 4. The summed E-state index contributed by atoms with van der Waals surface area (Å²) in [4.78, 5) is 38.9. The van der Waals surface area contributed by atoms with Crippen LogP contribution in [0.5, 0.6) is 5.75 Å². The Morgan fingerprint density at radius 3 is 2.50 bits per heavy atom. The van der Waals surface area contributed by atoms with E-state index in [9.17, 15) is 14.4 Å². The van der Waals surface area contributed by atoms with Crippen molar-refractivity contribution in [3.05, 3.63) is 63.6 Å². The molecule has 26 heavy (non-hydrogen) atoms. The number of nitrogens with zero attached hydrogens (tertiary/aromatic N) is 3. The number of hydrogen-bond acceptors (Lipinski definition) is 6. The number of esters is 1. The first-order chi connectivity index (χ1) is 12.4. The van der Waals surface area contributed by atoms with Gasteiger partial charge < -0.3 is 14.4 Å². The van der Waals surface area contributed by atoms with Crippen LogP contribution in [-0.2, 0) is 11.3 Å². The predicted octanol–water partition coefficient (Wildman–Crippen LogP) is 0.825. The third-order valence-electron chi connectivity index (χ3n) is 4.11. The fourth-order valence-electron chi connectivity index (χ4n) is 2.78. The van der Waals surface area contributed by atoms with Crippen LogP contribution >= 0.6 is 0 Å². The largest absolute Gasteiger partial charge is 0.482 e. The zero-order valence-corrected chi connectivity index (χ0v) is 14.8. The van der Waals surface area contributed by atoms with Gasteiger partial charge in [-0.3, -0.25) is 19.3 Å². The second-order valence-electron chi connectivity index (χ2n) is 5.96. The summed E-state index contributed by atoms with van der Waals surface area (Å²) in [5.41, 5.74) is 0.0496. The van der Waals surface area contributed by atoms with Crippen LogP contribution < -0.4 is 15.2 Å². The number of pyridine rings is 1. The fraction of sp³-hybridized carbons (Fsp3) is 0.278. The summed E-state index contributed by atoms with van der Waals surface area (Å²) >= 11 is 0. The number of fused-ring (bicyclic) bond motifs is 1. The van der Waals surface area contributed by atoms with Crippen LogP contribution in [0.25, 0.3) is 0 Å². The van der Waals surface area contributed by atoms with Gasteiger partial charge in [-0.05, 0) is 5.56 Å². The Balaban J connectivity index is 2.13. The molecule has 0 aliphatic carbocycles. The molecule has 0 saturated heterocycles. The van der Waals surface area contributed by atoms with E-state index in [-0.39, 0.29) is 29.5 Å². The first kappa shape index (κ1) is 17.5. The van der Waals surface area contributed by atoms with E-state index in [0.717, 1.165) is 5.56 Å². The lowest BCUT2D eigenvalue weighted by molar-refractivity contribution is 0.0593. The number of carbonyl (C=O) groups excluding carboxylic acids is 2. The van der Waals surface area contributed by atoms with Crippen LogP contribution in [0.3, 0.4) is 0 Å². The molecule has 0 N–H and O–H groups in total. The smallest absolute Gasteiger partial charge is 0.343 e. The minimum Gasteiger partial charge on any atom is -0.482 e. The van der Waals surface area contributed by atoms with Crippen LogP contribution in [-0.4, -0.2) is 49.3 Å². The maximum Gasteiger partial charge on any atom is 0.343 e. The Kier molecular flexibility index (Phi) is 4.66. The van der Waals surface area contributed by atoms with Gasteiger partial charge in [0.05, 0.1) is 7.11 Å². The average molecular weight is 357 g/mol. The van der Waals surface area contributed by atoms with E-state index in [4.69, 9.17) is 4.74 Å². The van der Waals surface area contributed by atoms with Crippen LogP contribution in [0, 0.1) is 0 Å². The first-order valence-electron chi connectivity index (χ1n) is 7.95. The average Bonchev–Trinajstić information content (AvgIpc) is 2.65. The summed E-state index contributed by atoms with van der Waals surface area (Å²) in [7, 11) is 4.56. The van der Waals surface area contributed by atoms with E-state index < -0.39 is 11.4 Å². The Morgan fingerprint density at radius 1 is 1.15 bits per heavy atom. The van der Waals surface area contributed by atoms with Crippen molar-refractivity contribution < 1.29 is 19.1 Å². The van der Waals surface area contributed by atoms with E-state index in [0.29, 0.717) is 6.67 Å². The molecule has 8 nitrogen and oxygen atoms in total. The van der Waals surface area contributed by atoms with Gasteiger partial charge in [-0.15, -0.1) is 0 Å². The van der Waals surface area contributed by atoms with Gasteiger partial charge in [-0.25, -0.2) is 4.79 Å². The molecule has 1 aromatic carbocycles.